The van der Waals surface area contributed by atoms with Gasteiger partial charge in [0.1, 0.15) is 29.5 Å². The van der Waals surface area contributed by atoms with Crippen molar-refractivity contribution in [3.8, 4) is 17.2 Å². The first-order valence-electron chi connectivity index (χ1n) is 13.4. The van der Waals surface area contributed by atoms with Crippen LogP contribution in [0.1, 0.15) is 25.3 Å². The van der Waals surface area contributed by atoms with Gasteiger partial charge in [-0.05, 0) is 35.9 Å². The van der Waals surface area contributed by atoms with Crippen LogP contribution in [-0.4, -0.2) is 90.3 Å². The Morgan fingerprint density at radius 1 is 1.04 bits per heavy atom. The first-order chi connectivity index (χ1) is 21.3. The van der Waals surface area contributed by atoms with E-state index in [9.17, 15) is 31.1 Å². The van der Waals surface area contributed by atoms with Gasteiger partial charge in [0.15, 0.2) is 0 Å². The average Bonchev–Trinajstić information content (AvgIpc) is 3.31. The molecule has 0 saturated carbocycles. The van der Waals surface area contributed by atoms with Crippen LogP contribution in [0.4, 0.5) is 32.0 Å². The van der Waals surface area contributed by atoms with Crippen LogP contribution >= 0.6 is 11.6 Å². The second-order valence-corrected chi connectivity index (χ2v) is 10.5. The lowest BCUT2D eigenvalue weighted by atomic mass is 9.86. The molecule has 1 atom stereocenters. The van der Waals surface area contributed by atoms with Crippen LogP contribution in [0.15, 0.2) is 36.4 Å². The van der Waals surface area contributed by atoms with Crippen molar-refractivity contribution in [3.05, 3.63) is 47.0 Å². The number of nitrogens with zero attached hydrogens (tertiary/aromatic N) is 1. The Balaban J connectivity index is 0.000000440. The number of nitrogens with one attached hydrogen (secondary N) is 1. The molecule has 1 unspecified atom stereocenters. The summed E-state index contributed by atoms with van der Waals surface area (Å²) in [5.74, 6) is -3.49. The van der Waals surface area contributed by atoms with E-state index < -0.39 is 24.3 Å². The van der Waals surface area contributed by atoms with Gasteiger partial charge in [0.05, 0.1) is 18.8 Å². The molecule has 2 aromatic carbocycles. The molecule has 0 aromatic heterocycles. The van der Waals surface area contributed by atoms with E-state index in [1.165, 1.54) is 12.5 Å². The first kappa shape index (κ1) is 38.2. The topological polar surface area (TPSA) is 161 Å². The molecule has 18 heteroatoms. The van der Waals surface area contributed by atoms with Crippen LogP contribution < -0.4 is 25.3 Å². The molecule has 1 amide bonds. The zero-order chi connectivity index (χ0) is 34.9. The van der Waals surface area contributed by atoms with Gasteiger partial charge in [-0.15, -0.1) is 0 Å². The van der Waals surface area contributed by atoms with Crippen molar-refractivity contribution < 1.29 is 65.1 Å². The molecule has 2 heterocycles. The fourth-order valence-electron chi connectivity index (χ4n) is 4.53. The molecule has 0 aliphatic carbocycles. The molecule has 0 bridgehead atoms. The van der Waals surface area contributed by atoms with Crippen molar-refractivity contribution >= 4 is 35.1 Å². The minimum absolute atomic E-state index is 0.0574. The summed E-state index contributed by atoms with van der Waals surface area (Å²) in [5, 5.41) is 17.8. The third kappa shape index (κ3) is 11.4. The van der Waals surface area contributed by atoms with E-state index in [2.05, 4.69) is 10.2 Å². The zero-order valence-corrected chi connectivity index (χ0v) is 25.3. The molecule has 2 aliphatic rings. The number of halogens is 7. The lowest BCUT2D eigenvalue weighted by Gasteiger charge is -2.41. The van der Waals surface area contributed by atoms with Gasteiger partial charge >= 0.3 is 24.3 Å². The molecular weight excluding hydrogens is 656 g/mol. The van der Waals surface area contributed by atoms with Crippen molar-refractivity contribution in [1.82, 2.24) is 4.90 Å². The fourth-order valence-corrected chi connectivity index (χ4v) is 4.72. The summed E-state index contributed by atoms with van der Waals surface area (Å²) in [6.45, 7) is 4.12. The van der Waals surface area contributed by atoms with E-state index >= 15 is 0 Å². The normalized spacial score (nSPS) is 16.0. The second kappa shape index (κ2) is 16.0. The number of methoxy groups -OCH3 is 1. The van der Waals surface area contributed by atoms with Crippen LogP contribution in [-0.2, 0) is 20.8 Å². The third-order valence-electron chi connectivity index (χ3n) is 6.78. The number of fused-ring (bicyclic) bond motifs is 1. The highest BCUT2D eigenvalue weighted by Gasteiger charge is 2.43. The monoisotopic (exact) mass is 687 g/mol. The fraction of sp³-hybridized carbons (Fsp3) is 0.464. The Labute approximate surface area is 264 Å². The summed E-state index contributed by atoms with van der Waals surface area (Å²) in [7, 11) is 1.60. The summed E-state index contributed by atoms with van der Waals surface area (Å²) in [4.78, 5) is 31.7. The van der Waals surface area contributed by atoms with Gasteiger partial charge in [-0.3, -0.25) is 9.69 Å². The summed E-state index contributed by atoms with van der Waals surface area (Å²) in [5.41, 5.74) is 7.75. The molecular formula is C28H32ClF6N3O8. The van der Waals surface area contributed by atoms with Crippen molar-refractivity contribution in [2.45, 2.75) is 50.2 Å². The molecule has 4 rings (SSSR count). The van der Waals surface area contributed by atoms with E-state index in [0.717, 1.165) is 43.1 Å². The molecule has 1 fully saturated rings. The molecule has 2 aliphatic heterocycles. The maximum Gasteiger partial charge on any atom is 0.490 e. The molecule has 0 radical (unpaired) electrons. The van der Waals surface area contributed by atoms with Gasteiger partial charge in [-0.25, -0.2) is 9.59 Å². The number of ether oxygens (including phenoxy) is 3. The highest BCUT2D eigenvalue weighted by atomic mass is 35.5. The summed E-state index contributed by atoms with van der Waals surface area (Å²) >= 11 is 6.15. The molecule has 256 valence electrons. The smallest absolute Gasteiger partial charge is 0.490 e. The number of amides is 1. The number of piperidine rings is 1. The highest BCUT2D eigenvalue weighted by molar-refractivity contribution is 6.30. The number of anilines is 1. The van der Waals surface area contributed by atoms with Gasteiger partial charge in [0, 0.05) is 56.9 Å². The Hall–Kier alpha value is -3.96. The number of hydrogen-bond donors (Lipinski definition) is 4. The quantitative estimate of drug-likeness (QED) is 0.299. The van der Waals surface area contributed by atoms with Gasteiger partial charge in [0.25, 0.3) is 0 Å². The van der Waals surface area contributed by atoms with Crippen LogP contribution in [0.2, 0.25) is 5.02 Å². The van der Waals surface area contributed by atoms with Crippen molar-refractivity contribution in [1.29, 1.82) is 0 Å². The molecule has 2 aromatic rings. The predicted octanol–water partition coefficient (Wildman–Crippen LogP) is 4.75. The van der Waals surface area contributed by atoms with Gasteiger partial charge in [0.2, 0.25) is 5.91 Å². The standard InChI is InChI=1S/C24H30ClN3O4.2C2HF3O2/c1-16(29)27-21-5-4-20(30-2)12-23(21)31-15-19(14-26)28-9-7-24(8-10-28)13-17-11-18(25)3-6-22(17)32-24;2*3-2(4,5)1(6)7/h3-6,11-12,19H,7-10,13-15,26H2,1-2H3,(H,27,29);2*(H,6,7). The number of rotatable bonds is 7. The van der Waals surface area contributed by atoms with Crippen LogP contribution in [0.25, 0.3) is 0 Å². The SMILES string of the molecule is COc1ccc(NC(C)=O)c(OCC(CN)N2CCC3(CC2)Cc2cc(Cl)ccc2O3)c1.O=C(O)C(F)(F)F.O=C(O)C(F)(F)F. The summed E-state index contributed by atoms with van der Waals surface area (Å²) < 4.78 is 81.2. The molecule has 1 spiro atoms. The molecule has 1 saturated heterocycles. The number of alkyl halides is 6. The Bertz CT molecular complexity index is 1340. The number of likely N-dealkylation sites (tertiary alicyclic amines) is 1. The Morgan fingerprint density at radius 2 is 1.61 bits per heavy atom. The largest absolute Gasteiger partial charge is 0.497 e. The minimum Gasteiger partial charge on any atom is -0.497 e. The van der Waals surface area contributed by atoms with Crippen molar-refractivity contribution in [2.24, 2.45) is 5.73 Å². The van der Waals surface area contributed by atoms with E-state index in [1.54, 1.807) is 25.3 Å². The number of hydrogen-bond acceptors (Lipinski definition) is 8. The number of benzene rings is 2. The number of carbonyl (C=O) groups excluding carboxylic acids is 1. The Kier molecular flexibility index (Phi) is 13.3. The number of carboxylic acid groups (broad SMARTS) is 2. The predicted molar refractivity (Wildman–Crippen MR) is 152 cm³/mol. The number of aliphatic carboxylic acids is 2. The van der Waals surface area contributed by atoms with E-state index in [4.69, 9.17) is 51.3 Å². The molecule has 5 N–H and O–H groups in total. The lowest BCUT2D eigenvalue weighted by Crippen LogP contribution is -2.53. The lowest BCUT2D eigenvalue weighted by molar-refractivity contribution is -0.193. The highest BCUT2D eigenvalue weighted by Crippen LogP contribution is 2.42. The summed E-state index contributed by atoms with van der Waals surface area (Å²) in [6.07, 6.45) is -7.43. The minimum atomic E-state index is -5.08. The zero-order valence-electron chi connectivity index (χ0n) is 24.5. The summed E-state index contributed by atoms with van der Waals surface area (Å²) in [6, 6.07) is 11.3. The first-order valence-corrected chi connectivity index (χ1v) is 13.8. The Morgan fingerprint density at radius 3 is 2.09 bits per heavy atom. The van der Waals surface area contributed by atoms with Crippen LogP contribution in [0, 0.1) is 0 Å². The van der Waals surface area contributed by atoms with Crippen LogP contribution in [0.3, 0.4) is 0 Å². The maximum absolute atomic E-state index is 11.5. The number of nitrogens with two attached hydrogens (primary N) is 1. The van der Waals surface area contributed by atoms with Gasteiger partial charge in [-0.1, -0.05) is 11.6 Å². The van der Waals surface area contributed by atoms with Gasteiger partial charge in [-0.2, -0.15) is 26.3 Å². The maximum atomic E-state index is 11.5. The third-order valence-corrected chi connectivity index (χ3v) is 7.01. The van der Waals surface area contributed by atoms with Crippen LogP contribution in [0.5, 0.6) is 17.2 Å². The van der Waals surface area contributed by atoms with Gasteiger partial charge < -0.3 is 35.5 Å². The number of carbonyl (C=O) groups is 3. The molecule has 11 nitrogen and oxygen atoms in total. The molecule has 46 heavy (non-hydrogen) atoms. The van der Waals surface area contributed by atoms with E-state index in [0.29, 0.717) is 30.3 Å². The number of carboxylic acids is 2. The van der Waals surface area contributed by atoms with E-state index in [-0.39, 0.29) is 17.6 Å². The van der Waals surface area contributed by atoms with Crippen molar-refractivity contribution in [3.63, 3.8) is 0 Å². The average molecular weight is 688 g/mol. The second-order valence-electron chi connectivity index (χ2n) is 10.1. The van der Waals surface area contributed by atoms with Crippen molar-refractivity contribution in [2.75, 3.05) is 38.7 Å². The van der Waals surface area contributed by atoms with E-state index in [1.807, 2.05) is 18.2 Å².